The first kappa shape index (κ1) is 18.0. The molecule has 0 fully saturated rings. The van der Waals surface area contributed by atoms with E-state index in [9.17, 15) is 9.18 Å². The number of aryl methyl sites for hydroxylation is 1. The van der Waals surface area contributed by atoms with Crippen molar-refractivity contribution in [2.75, 3.05) is 0 Å². The van der Waals surface area contributed by atoms with Gasteiger partial charge in [0.15, 0.2) is 14.1 Å². The summed E-state index contributed by atoms with van der Waals surface area (Å²) in [6.45, 7) is 3.82. The first-order valence-electron chi connectivity index (χ1n) is 7.58. The fourth-order valence-corrected chi connectivity index (χ4v) is 4.88. The summed E-state index contributed by atoms with van der Waals surface area (Å²) in [5, 5.41) is 4.22. The normalized spacial score (nSPS) is 12.1. The first-order valence-corrected chi connectivity index (χ1v) is 9.69. The number of hydrogen-bond donors (Lipinski definition) is 0. The molecule has 0 N–H and O–H groups in total. The van der Waals surface area contributed by atoms with Gasteiger partial charge in [-0.3, -0.25) is 4.79 Å². The third kappa shape index (κ3) is 4.05. The molecule has 0 saturated carbocycles. The average molecular weight is 391 g/mol. The van der Waals surface area contributed by atoms with Crippen molar-refractivity contribution in [3.05, 3.63) is 69.4 Å². The highest BCUT2D eigenvalue weighted by molar-refractivity contribution is 8.02. The van der Waals surface area contributed by atoms with E-state index in [4.69, 9.17) is 12.2 Å². The van der Waals surface area contributed by atoms with Gasteiger partial charge < -0.3 is 0 Å². The van der Waals surface area contributed by atoms with Gasteiger partial charge in [-0.05, 0) is 62.0 Å². The van der Waals surface area contributed by atoms with Gasteiger partial charge in [-0.25, -0.2) is 9.07 Å². The third-order valence-corrected chi connectivity index (χ3v) is 6.06. The van der Waals surface area contributed by atoms with Gasteiger partial charge in [0.1, 0.15) is 5.82 Å². The maximum atomic E-state index is 13.0. The Morgan fingerprint density at radius 2 is 1.92 bits per heavy atom. The van der Waals surface area contributed by atoms with Crippen LogP contribution in [0.3, 0.4) is 0 Å². The van der Waals surface area contributed by atoms with Gasteiger partial charge in [-0.2, -0.15) is 0 Å². The van der Waals surface area contributed by atoms with Crippen LogP contribution in [0.4, 0.5) is 4.39 Å². The van der Waals surface area contributed by atoms with E-state index in [1.165, 1.54) is 47.4 Å². The number of Topliss-reactive ketones (excluding diaryl/α,β-unsaturated/α-hetero) is 1. The molecule has 0 radical (unpaired) electrons. The Hall–Kier alpha value is -1.83. The van der Waals surface area contributed by atoms with Crippen LogP contribution in [-0.2, 0) is 0 Å². The zero-order valence-electron chi connectivity index (χ0n) is 13.6. The molecule has 1 atom stereocenters. The van der Waals surface area contributed by atoms with E-state index in [0.717, 1.165) is 15.6 Å². The molecule has 0 amide bonds. The van der Waals surface area contributed by atoms with Crippen molar-refractivity contribution in [2.45, 2.75) is 23.4 Å². The van der Waals surface area contributed by atoms with Crippen LogP contribution < -0.4 is 0 Å². The summed E-state index contributed by atoms with van der Waals surface area (Å²) in [7, 11) is 0. The second-order valence-electron chi connectivity index (χ2n) is 5.46. The summed E-state index contributed by atoms with van der Waals surface area (Å²) >= 11 is 8.16. The molecule has 1 heterocycles. The molecule has 0 spiro atoms. The molecule has 1 aromatic heterocycles. The van der Waals surface area contributed by atoms with Crippen LogP contribution in [0.5, 0.6) is 0 Å². The van der Waals surface area contributed by atoms with E-state index in [1.807, 2.05) is 38.1 Å². The van der Waals surface area contributed by atoms with Crippen molar-refractivity contribution in [3.63, 3.8) is 0 Å². The molecule has 0 saturated heterocycles. The Bertz CT molecular complexity index is 963. The third-order valence-electron chi connectivity index (χ3n) is 3.65. The van der Waals surface area contributed by atoms with E-state index >= 15 is 0 Å². The average Bonchev–Trinajstić information content (AvgIpc) is 2.95. The number of halogens is 1. The smallest absolute Gasteiger partial charge is 0.184 e. The molecule has 3 rings (SSSR count). The molecular weight excluding hydrogens is 375 g/mol. The van der Waals surface area contributed by atoms with Gasteiger partial charge >= 0.3 is 0 Å². The van der Waals surface area contributed by atoms with Gasteiger partial charge in [0.05, 0.1) is 10.9 Å². The highest BCUT2D eigenvalue weighted by atomic mass is 32.2. The standard InChI is InChI=1S/C18H15FN2OS3/c1-11-5-3-4-6-15(11)21-18(23)25-17(20-21)24-12(2)16(22)13-7-9-14(19)10-8-13/h3-10,12H,1-2H3/t12-/m1/s1. The lowest BCUT2D eigenvalue weighted by Gasteiger charge is -2.08. The highest BCUT2D eigenvalue weighted by Crippen LogP contribution is 2.29. The molecule has 0 aliphatic carbocycles. The predicted octanol–water partition coefficient (Wildman–Crippen LogP) is 5.47. The van der Waals surface area contributed by atoms with Crippen LogP contribution in [0.1, 0.15) is 22.8 Å². The van der Waals surface area contributed by atoms with Crippen molar-refractivity contribution in [1.29, 1.82) is 0 Å². The number of thioether (sulfide) groups is 1. The molecule has 0 aliphatic heterocycles. The number of para-hydroxylation sites is 1. The maximum Gasteiger partial charge on any atom is 0.184 e. The molecule has 3 aromatic rings. The van der Waals surface area contributed by atoms with Crippen molar-refractivity contribution in [3.8, 4) is 5.69 Å². The van der Waals surface area contributed by atoms with Crippen LogP contribution >= 0.6 is 35.3 Å². The number of nitrogens with zero attached hydrogens (tertiary/aromatic N) is 2. The number of hydrogen-bond acceptors (Lipinski definition) is 5. The van der Waals surface area contributed by atoms with Gasteiger partial charge in [-0.1, -0.05) is 41.3 Å². The van der Waals surface area contributed by atoms with Crippen LogP contribution in [-0.4, -0.2) is 20.8 Å². The minimum Gasteiger partial charge on any atom is -0.293 e. The topological polar surface area (TPSA) is 34.9 Å². The second kappa shape index (κ2) is 7.59. The predicted molar refractivity (Wildman–Crippen MR) is 103 cm³/mol. The SMILES string of the molecule is Cc1ccccc1-n1nc(S[C@H](C)C(=O)c2ccc(F)cc2)sc1=S. The first-order chi connectivity index (χ1) is 12.0. The summed E-state index contributed by atoms with van der Waals surface area (Å²) in [5.41, 5.74) is 2.51. The maximum absolute atomic E-state index is 13.0. The van der Waals surface area contributed by atoms with Crippen molar-refractivity contribution >= 4 is 41.1 Å². The zero-order valence-corrected chi connectivity index (χ0v) is 16.1. The number of carbonyl (C=O) groups is 1. The molecule has 25 heavy (non-hydrogen) atoms. The monoisotopic (exact) mass is 390 g/mol. The Morgan fingerprint density at radius 1 is 1.24 bits per heavy atom. The minimum atomic E-state index is -0.355. The molecular formula is C18H15FN2OS3. The Labute approximate surface area is 158 Å². The van der Waals surface area contributed by atoms with Crippen LogP contribution in [0.2, 0.25) is 0 Å². The van der Waals surface area contributed by atoms with E-state index in [-0.39, 0.29) is 16.9 Å². The second-order valence-corrected chi connectivity index (χ2v) is 8.67. The summed E-state index contributed by atoms with van der Waals surface area (Å²) in [6, 6.07) is 13.5. The van der Waals surface area contributed by atoms with Crippen LogP contribution in [0, 0.1) is 16.7 Å². The quantitative estimate of drug-likeness (QED) is 0.328. The molecule has 3 nitrogen and oxygen atoms in total. The van der Waals surface area contributed by atoms with Crippen molar-refractivity contribution in [1.82, 2.24) is 9.78 Å². The lowest BCUT2D eigenvalue weighted by molar-refractivity contribution is 0.0994. The number of rotatable bonds is 5. The van der Waals surface area contributed by atoms with Crippen LogP contribution in [0.15, 0.2) is 52.9 Å². The summed E-state index contributed by atoms with van der Waals surface area (Å²) in [4.78, 5) is 12.5. The lowest BCUT2D eigenvalue weighted by Crippen LogP contribution is -2.13. The zero-order chi connectivity index (χ0) is 18.0. The Morgan fingerprint density at radius 3 is 2.60 bits per heavy atom. The van der Waals surface area contributed by atoms with Crippen LogP contribution in [0.25, 0.3) is 5.69 Å². The van der Waals surface area contributed by atoms with E-state index < -0.39 is 0 Å². The number of carbonyl (C=O) groups excluding carboxylic acids is 1. The van der Waals surface area contributed by atoms with Crippen molar-refractivity contribution < 1.29 is 9.18 Å². The van der Waals surface area contributed by atoms with Gasteiger partial charge in [0.2, 0.25) is 0 Å². The highest BCUT2D eigenvalue weighted by Gasteiger charge is 2.19. The summed E-state index contributed by atoms with van der Waals surface area (Å²) < 4.78 is 16.1. The molecule has 128 valence electrons. The fraction of sp³-hybridized carbons (Fsp3) is 0.167. The van der Waals surface area contributed by atoms with E-state index in [1.54, 1.807) is 4.68 Å². The number of benzene rings is 2. The molecule has 0 aliphatic rings. The summed E-state index contributed by atoms with van der Waals surface area (Å²) in [5.74, 6) is -0.416. The molecule has 2 aromatic carbocycles. The van der Waals surface area contributed by atoms with E-state index in [2.05, 4.69) is 5.10 Å². The Kier molecular flexibility index (Phi) is 5.46. The largest absolute Gasteiger partial charge is 0.293 e. The molecule has 0 unspecified atom stereocenters. The van der Waals surface area contributed by atoms with Gasteiger partial charge in [-0.15, -0.1) is 5.10 Å². The number of aromatic nitrogens is 2. The fourth-order valence-electron chi connectivity index (χ4n) is 2.32. The van der Waals surface area contributed by atoms with Gasteiger partial charge in [0.25, 0.3) is 0 Å². The van der Waals surface area contributed by atoms with E-state index in [0.29, 0.717) is 9.52 Å². The summed E-state index contributed by atoms with van der Waals surface area (Å²) in [6.07, 6.45) is 0. The van der Waals surface area contributed by atoms with Gasteiger partial charge in [0, 0.05) is 5.56 Å². The molecule has 7 heteroatoms. The lowest BCUT2D eigenvalue weighted by atomic mass is 10.1. The molecule has 0 bridgehead atoms. The number of ketones is 1. The minimum absolute atomic E-state index is 0.0615. The van der Waals surface area contributed by atoms with Crippen molar-refractivity contribution in [2.24, 2.45) is 0 Å². The Balaban J connectivity index is 1.81.